The number of nitrogens with zero attached hydrogens (tertiary/aromatic N) is 2. The third-order valence-corrected chi connectivity index (χ3v) is 8.40. The van der Waals surface area contributed by atoms with E-state index in [1.807, 2.05) is 60.7 Å². The molecule has 1 amide bonds. The Morgan fingerprint density at radius 3 is 2.55 bits per heavy atom. The first-order valence-corrected chi connectivity index (χ1v) is 12.8. The van der Waals surface area contributed by atoms with Gasteiger partial charge in [0, 0.05) is 15.0 Å². The molecular formula is C24H17ClN2OS3. The van der Waals surface area contributed by atoms with Crippen LogP contribution in [0, 0.1) is 0 Å². The highest BCUT2D eigenvalue weighted by Crippen LogP contribution is 2.38. The molecule has 0 fully saturated rings. The third-order valence-electron chi connectivity index (χ3n) is 4.97. The van der Waals surface area contributed by atoms with Gasteiger partial charge in [-0.1, -0.05) is 71.5 Å². The lowest BCUT2D eigenvalue weighted by molar-refractivity contribution is 0.0989. The van der Waals surface area contributed by atoms with Gasteiger partial charge in [-0.2, -0.15) is 0 Å². The normalized spacial score (nSPS) is 11.3. The highest BCUT2D eigenvalue weighted by atomic mass is 35.5. The minimum Gasteiger partial charge on any atom is -0.279 e. The third kappa shape index (κ3) is 3.96. The summed E-state index contributed by atoms with van der Waals surface area (Å²) in [5.74, 6) is -0.126. The van der Waals surface area contributed by atoms with Crippen LogP contribution in [0.15, 0.2) is 77.7 Å². The molecule has 7 heteroatoms. The quantitative estimate of drug-likeness (QED) is 0.241. The zero-order valence-corrected chi connectivity index (χ0v) is 19.7. The van der Waals surface area contributed by atoms with Crippen LogP contribution in [0.4, 0.5) is 5.13 Å². The van der Waals surface area contributed by atoms with Crippen LogP contribution >= 0.6 is 46.0 Å². The van der Waals surface area contributed by atoms with E-state index in [4.69, 9.17) is 16.6 Å². The first kappa shape index (κ1) is 20.5. The SMILES string of the molecule is CSc1ccc2nc(N(Cc3ccccc3)C(=O)c3sc4ccccc4c3Cl)sc2c1. The van der Waals surface area contributed by atoms with E-state index in [1.165, 1.54) is 27.6 Å². The summed E-state index contributed by atoms with van der Waals surface area (Å²) in [6.07, 6.45) is 2.05. The van der Waals surface area contributed by atoms with Gasteiger partial charge < -0.3 is 0 Å². The number of carbonyl (C=O) groups is 1. The molecule has 5 rings (SSSR count). The molecule has 0 unspecified atom stereocenters. The summed E-state index contributed by atoms with van der Waals surface area (Å²) >= 11 is 11.3. The van der Waals surface area contributed by atoms with Gasteiger partial charge in [0.25, 0.3) is 5.91 Å². The average molecular weight is 481 g/mol. The van der Waals surface area contributed by atoms with Crippen LogP contribution in [0.2, 0.25) is 5.02 Å². The number of thiophene rings is 1. The number of thiazole rings is 1. The number of hydrogen-bond donors (Lipinski definition) is 0. The molecule has 3 nitrogen and oxygen atoms in total. The summed E-state index contributed by atoms with van der Waals surface area (Å²) in [4.78, 5) is 22.0. The summed E-state index contributed by atoms with van der Waals surface area (Å²) in [7, 11) is 0. The van der Waals surface area contributed by atoms with Gasteiger partial charge in [0.05, 0.1) is 21.8 Å². The van der Waals surface area contributed by atoms with Crippen molar-refractivity contribution in [3.8, 4) is 0 Å². The number of amides is 1. The smallest absolute Gasteiger partial charge is 0.272 e. The van der Waals surface area contributed by atoms with Crippen molar-refractivity contribution in [1.29, 1.82) is 0 Å². The van der Waals surface area contributed by atoms with Crippen LogP contribution in [0.5, 0.6) is 0 Å². The number of benzene rings is 3. The molecule has 0 saturated carbocycles. The van der Waals surface area contributed by atoms with Crippen molar-refractivity contribution in [2.75, 3.05) is 11.2 Å². The number of hydrogen-bond acceptors (Lipinski definition) is 5. The Morgan fingerprint density at radius 1 is 1.00 bits per heavy atom. The molecule has 154 valence electrons. The van der Waals surface area contributed by atoms with Crippen LogP contribution in [0.25, 0.3) is 20.3 Å². The number of thioether (sulfide) groups is 1. The number of rotatable bonds is 5. The number of fused-ring (bicyclic) bond motifs is 2. The fourth-order valence-corrected chi connectivity index (χ4v) is 6.38. The molecule has 5 aromatic rings. The number of carbonyl (C=O) groups excluding carboxylic acids is 1. The van der Waals surface area contributed by atoms with Crippen molar-refractivity contribution in [3.05, 3.63) is 88.3 Å². The molecule has 0 radical (unpaired) electrons. The molecule has 2 aromatic heterocycles. The molecule has 0 saturated heterocycles. The van der Waals surface area contributed by atoms with E-state index in [9.17, 15) is 4.79 Å². The maximum Gasteiger partial charge on any atom is 0.272 e. The van der Waals surface area contributed by atoms with Crippen molar-refractivity contribution < 1.29 is 4.79 Å². The van der Waals surface area contributed by atoms with Gasteiger partial charge in [0.2, 0.25) is 0 Å². The number of halogens is 1. The number of aromatic nitrogens is 1. The van der Waals surface area contributed by atoms with E-state index in [2.05, 4.69) is 18.4 Å². The summed E-state index contributed by atoms with van der Waals surface area (Å²) < 4.78 is 2.07. The van der Waals surface area contributed by atoms with Crippen LogP contribution in [0.1, 0.15) is 15.2 Å². The predicted molar refractivity (Wildman–Crippen MR) is 135 cm³/mol. The molecule has 31 heavy (non-hydrogen) atoms. The van der Waals surface area contributed by atoms with Crippen molar-refractivity contribution in [2.24, 2.45) is 0 Å². The molecule has 0 atom stereocenters. The standard InChI is InChI=1S/C24H17ClN2OS3/c1-29-16-11-12-18-20(13-16)31-24(26-18)27(14-15-7-3-2-4-8-15)23(28)22-21(25)17-9-5-6-10-19(17)30-22/h2-13H,14H2,1H3. The first-order valence-electron chi connectivity index (χ1n) is 9.61. The molecule has 0 bridgehead atoms. The van der Waals surface area contributed by atoms with E-state index in [1.54, 1.807) is 16.7 Å². The van der Waals surface area contributed by atoms with Crippen LogP contribution in [-0.2, 0) is 6.54 Å². The van der Waals surface area contributed by atoms with Gasteiger partial charge in [0.15, 0.2) is 5.13 Å². The Kier molecular flexibility index (Phi) is 5.71. The monoisotopic (exact) mass is 480 g/mol. The summed E-state index contributed by atoms with van der Waals surface area (Å²) in [5, 5.41) is 2.09. The Bertz CT molecular complexity index is 1390. The molecular weight excluding hydrogens is 464 g/mol. The van der Waals surface area contributed by atoms with Crippen LogP contribution in [0.3, 0.4) is 0 Å². The van der Waals surface area contributed by atoms with Gasteiger partial charge in [-0.3, -0.25) is 9.69 Å². The Balaban J connectivity index is 1.61. The van der Waals surface area contributed by atoms with Gasteiger partial charge in [-0.15, -0.1) is 23.1 Å². The Labute approximate surface area is 197 Å². The second-order valence-electron chi connectivity index (χ2n) is 6.95. The molecule has 0 aliphatic rings. The molecule has 2 heterocycles. The van der Waals surface area contributed by atoms with Crippen LogP contribution in [-0.4, -0.2) is 17.1 Å². The highest BCUT2D eigenvalue weighted by molar-refractivity contribution is 7.98. The van der Waals surface area contributed by atoms with E-state index in [-0.39, 0.29) is 5.91 Å². The maximum absolute atomic E-state index is 13.8. The van der Waals surface area contributed by atoms with Crippen molar-refractivity contribution in [2.45, 2.75) is 11.4 Å². The van der Waals surface area contributed by atoms with E-state index in [0.717, 1.165) is 25.9 Å². The van der Waals surface area contributed by atoms with Gasteiger partial charge in [0.1, 0.15) is 4.88 Å². The molecule has 0 N–H and O–H groups in total. The highest BCUT2D eigenvalue weighted by Gasteiger charge is 2.26. The van der Waals surface area contributed by atoms with E-state index in [0.29, 0.717) is 21.6 Å². The zero-order chi connectivity index (χ0) is 21.4. The molecule has 0 aliphatic heterocycles. The maximum atomic E-state index is 13.8. The summed E-state index contributed by atoms with van der Waals surface area (Å²) in [6, 6.07) is 24.0. The molecule has 0 aliphatic carbocycles. The number of anilines is 1. The molecule has 0 spiro atoms. The summed E-state index contributed by atoms with van der Waals surface area (Å²) in [5.41, 5.74) is 1.93. The lowest BCUT2D eigenvalue weighted by Crippen LogP contribution is -2.29. The topological polar surface area (TPSA) is 33.2 Å². The predicted octanol–water partition coefficient (Wildman–Crippen LogP) is 7.73. The first-order chi connectivity index (χ1) is 15.1. The Hall–Kier alpha value is -2.38. The average Bonchev–Trinajstić information content (AvgIpc) is 3.38. The van der Waals surface area contributed by atoms with E-state index < -0.39 is 0 Å². The lowest BCUT2D eigenvalue weighted by Gasteiger charge is -2.19. The second-order valence-corrected chi connectivity index (χ2v) is 10.3. The lowest BCUT2D eigenvalue weighted by atomic mass is 10.2. The second kappa shape index (κ2) is 8.63. The van der Waals surface area contributed by atoms with Gasteiger partial charge in [-0.25, -0.2) is 4.98 Å². The van der Waals surface area contributed by atoms with E-state index >= 15 is 0 Å². The fourth-order valence-electron chi connectivity index (χ4n) is 3.40. The van der Waals surface area contributed by atoms with Crippen LogP contribution < -0.4 is 4.90 Å². The fraction of sp³-hybridized carbons (Fsp3) is 0.0833. The summed E-state index contributed by atoms with van der Waals surface area (Å²) in [6.45, 7) is 0.430. The van der Waals surface area contributed by atoms with Crippen molar-refractivity contribution >= 4 is 77.4 Å². The zero-order valence-electron chi connectivity index (χ0n) is 16.5. The minimum absolute atomic E-state index is 0.126. The largest absolute Gasteiger partial charge is 0.279 e. The van der Waals surface area contributed by atoms with Gasteiger partial charge in [-0.05, 0) is 36.1 Å². The van der Waals surface area contributed by atoms with Gasteiger partial charge >= 0.3 is 0 Å². The minimum atomic E-state index is -0.126. The molecule has 3 aromatic carbocycles. The van der Waals surface area contributed by atoms with Crippen molar-refractivity contribution in [3.63, 3.8) is 0 Å². The van der Waals surface area contributed by atoms with Crippen molar-refractivity contribution in [1.82, 2.24) is 4.98 Å². The Morgan fingerprint density at radius 2 is 1.77 bits per heavy atom.